The molecule has 8 nitrogen and oxygen atoms in total. The van der Waals surface area contributed by atoms with Gasteiger partial charge in [0.2, 0.25) is 15.9 Å². The van der Waals surface area contributed by atoms with E-state index in [2.05, 4.69) is 0 Å². The van der Waals surface area contributed by atoms with Crippen molar-refractivity contribution in [2.24, 2.45) is 18.7 Å². The quantitative estimate of drug-likeness (QED) is 0.783. The Morgan fingerprint density at radius 2 is 2.10 bits per heavy atom. The lowest BCUT2D eigenvalue weighted by Gasteiger charge is -2.29. The third-order valence-corrected chi connectivity index (χ3v) is 5.45. The van der Waals surface area contributed by atoms with Gasteiger partial charge < -0.3 is 15.4 Å². The molecule has 1 aromatic heterocycles. The van der Waals surface area contributed by atoms with Gasteiger partial charge in [0.1, 0.15) is 10.6 Å². The third-order valence-electron chi connectivity index (χ3n) is 3.62. The van der Waals surface area contributed by atoms with Crippen LogP contribution in [-0.4, -0.2) is 47.4 Å². The number of nitrogens with two attached hydrogens (primary N) is 1. The standard InChI is InChI=1S/C12H17N3O5S/c1-14-7-9(5-10(14)12(17)18)21(19,20)15-4-2-3-8(6-15)11(13)16/h5,7-8H,2-4,6H2,1H3,(H2,13,16)(H,17,18). The second-order valence-corrected chi connectivity index (χ2v) is 7.02. The molecule has 1 amide bonds. The number of aromatic carboxylic acids is 1. The van der Waals surface area contributed by atoms with E-state index in [-0.39, 0.29) is 17.1 Å². The fourth-order valence-electron chi connectivity index (χ4n) is 2.43. The topological polar surface area (TPSA) is 123 Å². The minimum atomic E-state index is -3.82. The Hall–Kier alpha value is -1.87. The maximum Gasteiger partial charge on any atom is 0.352 e. The zero-order valence-corrected chi connectivity index (χ0v) is 12.3. The monoisotopic (exact) mass is 315 g/mol. The molecule has 1 aromatic rings. The van der Waals surface area contributed by atoms with Crippen LogP contribution in [0.15, 0.2) is 17.2 Å². The molecular weight excluding hydrogens is 298 g/mol. The SMILES string of the molecule is Cn1cc(S(=O)(=O)N2CCCC(C(N)=O)C2)cc1C(=O)O. The van der Waals surface area contributed by atoms with Gasteiger partial charge in [-0.15, -0.1) is 0 Å². The van der Waals surface area contributed by atoms with Gasteiger partial charge in [0.15, 0.2) is 0 Å². The van der Waals surface area contributed by atoms with Crippen molar-refractivity contribution in [2.45, 2.75) is 17.7 Å². The second-order valence-electron chi connectivity index (χ2n) is 5.08. The van der Waals surface area contributed by atoms with Gasteiger partial charge in [-0.1, -0.05) is 0 Å². The van der Waals surface area contributed by atoms with Gasteiger partial charge in [-0.2, -0.15) is 4.31 Å². The first kappa shape index (κ1) is 15.5. The number of carbonyl (C=O) groups is 2. The summed E-state index contributed by atoms with van der Waals surface area (Å²) in [4.78, 5) is 22.1. The molecule has 1 saturated heterocycles. The molecule has 2 heterocycles. The molecule has 1 unspecified atom stereocenters. The number of hydrogen-bond acceptors (Lipinski definition) is 4. The lowest BCUT2D eigenvalue weighted by molar-refractivity contribution is -0.122. The van der Waals surface area contributed by atoms with Gasteiger partial charge in [0.05, 0.1) is 5.92 Å². The number of nitrogens with zero attached hydrogens (tertiary/aromatic N) is 2. The normalized spacial score (nSPS) is 20.3. The van der Waals surface area contributed by atoms with Gasteiger partial charge in [0.25, 0.3) is 0 Å². The minimum Gasteiger partial charge on any atom is -0.477 e. The molecule has 3 N–H and O–H groups in total. The van der Waals surface area contributed by atoms with Crippen LogP contribution in [0.3, 0.4) is 0 Å². The van der Waals surface area contributed by atoms with Crippen molar-refractivity contribution in [3.8, 4) is 0 Å². The number of aryl methyl sites for hydroxylation is 1. The molecule has 0 spiro atoms. The molecular formula is C12H17N3O5S. The highest BCUT2D eigenvalue weighted by molar-refractivity contribution is 7.89. The second kappa shape index (κ2) is 5.49. The summed E-state index contributed by atoms with van der Waals surface area (Å²) in [5.41, 5.74) is 5.12. The Bertz CT molecular complexity index is 679. The first-order chi connectivity index (χ1) is 9.73. The van der Waals surface area contributed by atoms with Crippen LogP contribution in [0.4, 0.5) is 0 Å². The van der Waals surface area contributed by atoms with E-state index in [1.807, 2.05) is 0 Å². The van der Waals surface area contributed by atoms with E-state index >= 15 is 0 Å². The number of carboxylic acids is 1. The van der Waals surface area contributed by atoms with E-state index in [0.29, 0.717) is 19.4 Å². The number of carboxylic acid groups (broad SMARTS) is 1. The van der Waals surface area contributed by atoms with Crippen molar-refractivity contribution in [1.29, 1.82) is 0 Å². The maximum atomic E-state index is 12.5. The fraction of sp³-hybridized carbons (Fsp3) is 0.500. The van der Waals surface area contributed by atoms with Crippen LogP contribution in [-0.2, 0) is 21.9 Å². The number of amides is 1. The molecule has 9 heteroatoms. The van der Waals surface area contributed by atoms with E-state index in [0.717, 1.165) is 6.07 Å². The Labute approximate surface area is 122 Å². The van der Waals surface area contributed by atoms with Crippen molar-refractivity contribution in [2.75, 3.05) is 13.1 Å². The number of rotatable bonds is 4. The number of sulfonamides is 1. The molecule has 1 aliphatic rings. The molecule has 0 aliphatic carbocycles. The number of carbonyl (C=O) groups excluding carboxylic acids is 1. The summed E-state index contributed by atoms with van der Waals surface area (Å²) in [6, 6.07) is 1.12. The van der Waals surface area contributed by atoms with Crippen LogP contribution in [0.5, 0.6) is 0 Å². The van der Waals surface area contributed by atoms with Crippen LogP contribution in [0.1, 0.15) is 23.3 Å². The number of hydrogen-bond donors (Lipinski definition) is 2. The van der Waals surface area contributed by atoms with Crippen molar-refractivity contribution in [3.63, 3.8) is 0 Å². The van der Waals surface area contributed by atoms with Gasteiger partial charge in [-0.25, -0.2) is 13.2 Å². The molecule has 1 atom stereocenters. The summed E-state index contributed by atoms with van der Waals surface area (Å²) in [6.45, 7) is 0.332. The van der Waals surface area contributed by atoms with Gasteiger partial charge in [-0.05, 0) is 18.9 Å². The van der Waals surface area contributed by atoms with Crippen molar-refractivity contribution in [3.05, 3.63) is 18.0 Å². The highest BCUT2D eigenvalue weighted by Gasteiger charge is 2.33. The molecule has 116 valence electrons. The smallest absolute Gasteiger partial charge is 0.352 e. The van der Waals surface area contributed by atoms with Crippen molar-refractivity contribution < 1.29 is 23.1 Å². The Morgan fingerprint density at radius 3 is 2.62 bits per heavy atom. The Morgan fingerprint density at radius 1 is 1.43 bits per heavy atom. The minimum absolute atomic E-state index is 0.0367. The lowest BCUT2D eigenvalue weighted by atomic mass is 9.99. The van der Waals surface area contributed by atoms with Crippen molar-refractivity contribution in [1.82, 2.24) is 8.87 Å². The maximum absolute atomic E-state index is 12.5. The van der Waals surface area contributed by atoms with Crippen LogP contribution < -0.4 is 5.73 Å². The van der Waals surface area contributed by atoms with Crippen LogP contribution >= 0.6 is 0 Å². The zero-order chi connectivity index (χ0) is 15.8. The summed E-state index contributed by atoms with van der Waals surface area (Å²) >= 11 is 0. The number of aromatic nitrogens is 1. The summed E-state index contributed by atoms with van der Waals surface area (Å²) in [7, 11) is -2.36. The first-order valence-electron chi connectivity index (χ1n) is 6.42. The molecule has 0 aromatic carbocycles. The number of piperidine rings is 1. The Kier molecular flexibility index (Phi) is 4.06. The summed E-state index contributed by atoms with van der Waals surface area (Å²) in [6.07, 6.45) is 2.37. The largest absolute Gasteiger partial charge is 0.477 e. The van der Waals surface area contributed by atoms with E-state index in [9.17, 15) is 18.0 Å². The summed E-state index contributed by atoms with van der Waals surface area (Å²) in [5.74, 6) is -2.22. The highest BCUT2D eigenvalue weighted by atomic mass is 32.2. The fourth-order valence-corrected chi connectivity index (χ4v) is 4.03. The summed E-state index contributed by atoms with van der Waals surface area (Å²) < 4.78 is 27.5. The molecule has 0 bridgehead atoms. The van der Waals surface area contributed by atoms with Crippen molar-refractivity contribution >= 4 is 21.9 Å². The van der Waals surface area contributed by atoms with Gasteiger partial charge >= 0.3 is 5.97 Å². The Balaban J connectivity index is 2.31. The highest BCUT2D eigenvalue weighted by Crippen LogP contribution is 2.24. The molecule has 0 saturated carbocycles. The van der Waals surface area contributed by atoms with Gasteiger partial charge in [0, 0.05) is 26.3 Å². The third kappa shape index (κ3) is 2.93. The average Bonchev–Trinajstić information content (AvgIpc) is 2.82. The molecule has 21 heavy (non-hydrogen) atoms. The van der Waals surface area contributed by atoms with Crippen LogP contribution in [0.25, 0.3) is 0 Å². The average molecular weight is 315 g/mol. The van der Waals surface area contributed by atoms with E-state index in [4.69, 9.17) is 10.8 Å². The molecule has 1 fully saturated rings. The predicted octanol–water partition coefficient (Wildman–Crippen LogP) is -0.391. The summed E-state index contributed by atoms with van der Waals surface area (Å²) in [5, 5.41) is 8.98. The van der Waals surface area contributed by atoms with E-state index in [1.54, 1.807) is 0 Å². The number of primary amides is 1. The predicted molar refractivity (Wildman–Crippen MR) is 73.0 cm³/mol. The molecule has 1 aliphatic heterocycles. The lowest BCUT2D eigenvalue weighted by Crippen LogP contribution is -2.43. The van der Waals surface area contributed by atoms with Gasteiger partial charge in [-0.3, -0.25) is 4.79 Å². The van der Waals surface area contributed by atoms with Crippen LogP contribution in [0, 0.1) is 5.92 Å². The van der Waals surface area contributed by atoms with E-state index < -0.39 is 27.8 Å². The van der Waals surface area contributed by atoms with E-state index in [1.165, 1.54) is 22.1 Å². The molecule has 2 rings (SSSR count). The van der Waals surface area contributed by atoms with Crippen LogP contribution in [0.2, 0.25) is 0 Å². The zero-order valence-electron chi connectivity index (χ0n) is 11.5. The first-order valence-corrected chi connectivity index (χ1v) is 7.86. The molecule has 0 radical (unpaired) electrons.